The van der Waals surface area contributed by atoms with Crippen LogP contribution in [0.1, 0.15) is 44.9 Å². The van der Waals surface area contributed by atoms with Gasteiger partial charge in [-0.2, -0.15) is 0 Å². The molecule has 152 valence electrons. The summed E-state index contributed by atoms with van der Waals surface area (Å²) in [5.74, 6) is 1.35. The maximum absolute atomic E-state index is 12.4. The number of hydrogen-bond donors (Lipinski definition) is 1. The number of hydrogen-bond acceptors (Lipinski definition) is 6. The zero-order chi connectivity index (χ0) is 18.9. The van der Waals surface area contributed by atoms with Gasteiger partial charge in [-0.15, -0.1) is 0 Å². The Morgan fingerprint density at radius 1 is 0.852 bits per heavy atom. The topological polar surface area (TPSA) is 91.3 Å². The highest BCUT2D eigenvalue weighted by Crippen LogP contribution is 2.78. The zero-order valence-corrected chi connectivity index (χ0v) is 15.8. The van der Waals surface area contributed by atoms with Crippen LogP contribution in [0.5, 0.6) is 0 Å². The van der Waals surface area contributed by atoms with Crippen molar-refractivity contribution in [3.8, 4) is 0 Å². The third-order valence-electron chi connectivity index (χ3n) is 7.20. The summed E-state index contributed by atoms with van der Waals surface area (Å²) in [5, 5.41) is 8.42. The summed E-state index contributed by atoms with van der Waals surface area (Å²) >= 11 is 0. The van der Waals surface area contributed by atoms with Crippen molar-refractivity contribution < 1.29 is 33.6 Å². The number of rotatable bonds is 12. The molecule has 5 unspecified atom stereocenters. The van der Waals surface area contributed by atoms with E-state index in [1.54, 1.807) is 0 Å². The van der Waals surface area contributed by atoms with Crippen molar-refractivity contribution in [2.45, 2.75) is 50.5 Å². The van der Waals surface area contributed by atoms with Crippen LogP contribution in [-0.4, -0.2) is 62.3 Å². The number of ether oxygens (including phenoxy) is 4. The van der Waals surface area contributed by atoms with Gasteiger partial charge in [0.15, 0.2) is 0 Å². The monoisotopic (exact) mass is 382 g/mol. The lowest BCUT2D eigenvalue weighted by atomic mass is 9.52. The summed E-state index contributed by atoms with van der Waals surface area (Å²) in [6.45, 7) is 1.39. The molecule has 7 nitrogen and oxygen atoms in total. The Labute approximate surface area is 159 Å². The molecule has 4 saturated carbocycles. The molecule has 4 aliphatic carbocycles. The van der Waals surface area contributed by atoms with Crippen LogP contribution in [0.25, 0.3) is 0 Å². The predicted octanol–water partition coefficient (Wildman–Crippen LogP) is 2.02. The van der Waals surface area contributed by atoms with Gasteiger partial charge >= 0.3 is 11.9 Å². The highest BCUT2D eigenvalue weighted by atomic mass is 16.6. The van der Waals surface area contributed by atoms with Crippen LogP contribution >= 0.6 is 0 Å². The Kier molecular flexibility index (Phi) is 5.45. The number of carboxylic acids is 1. The minimum atomic E-state index is -0.990. The fourth-order valence-corrected chi connectivity index (χ4v) is 6.50. The van der Waals surface area contributed by atoms with E-state index in [1.807, 2.05) is 0 Å². The van der Waals surface area contributed by atoms with E-state index < -0.39 is 5.97 Å². The molecule has 7 heteroatoms. The summed E-state index contributed by atoms with van der Waals surface area (Å²) in [6.07, 6.45) is 7.74. The molecule has 27 heavy (non-hydrogen) atoms. The minimum absolute atomic E-state index is 0.123. The molecule has 0 heterocycles. The molecule has 4 rings (SSSR count). The highest BCUT2D eigenvalue weighted by Gasteiger charge is 2.76. The molecule has 0 radical (unpaired) electrons. The van der Waals surface area contributed by atoms with Gasteiger partial charge in [-0.05, 0) is 56.3 Å². The van der Waals surface area contributed by atoms with Gasteiger partial charge < -0.3 is 24.1 Å². The van der Waals surface area contributed by atoms with Crippen molar-refractivity contribution in [3.63, 3.8) is 0 Å². The molecular formula is C20H30O7. The second-order valence-electron chi connectivity index (χ2n) is 8.76. The fraction of sp³-hybridized carbons (Fsp3) is 0.900. The van der Waals surface area contributed by atoms with Crippen molar-refractivity contribution in [1.82, 2.24) is 0 Å². The Balaban J connectivity index is 1.07. The summed E-state index contributed by atoms with van der Waals surface area (Å²) in [6, 6.07) is 0. The summed E-state index contributed by atoms with van der Waals surface area (Å²) < 4.78 is 21.6. The normalized spacial score (nSPS) is 37.9. The maximum Gasteiger partial charge on any atom is 0.329 e. The van der Waals surface area contributed by atoms with Crippen molar-refractivity contribution in [2.24, 2.45) is 23.2 Å². The van der Waals surface area contributed by atoms with E-state index >= 15 is 0 Å². The number of carbonyl (C=O) groups is 2. The van der Waals surface area contributed by atoms with Gasteiger partial charge in [-0.25, -0.2) is 4.79 Å². The lowest BCUT2D eigenvalue weighted by molar-refractivity contribution is -0.216. The molecule has 0 aromatic heterocycles. The minimum Gasteiger partial charge on any atom is -0.480 e. The molecule has 1 spiro atoms. The van der Waals surface area contributed by atoms with Gasteiger partial charge in [-0.1, -0.05) is 0 Å². The van der Waals surface area contributed by atoms with E-state index in [0.29, 0.717) is 31.8 Å². The molecule has 0 saturated heterocycles. The molecule has 0 aromatic carbocycles. The number of aliphatic carboxylic acids is 1. The molecular weight excluding hydrogens is 352 g/mol. The van der Waals surface area contributed by atoms with Crippen molar-refractivity contribution >= 4 is 11.9 Å². The Bertz CT molecular complexity index is 573. The quantitative estimate of drug-likeness (QED) is 0.408. The zero-order valence-electron chi connectivity index (χ0n) is 15.8. The first-order valence-electron chi connectivity index (χ1n) is 10.2. The first-order chi connectivity index (χ1) is 13.0. The molecule has 1 N–H and O–H groups in total. The molecule has 3 bridgehead atoms. The van der Waals surface area contributed by atoms with Crippen LogP contribution in [0.15, 0.2) is 0 Å². The van der Waals surface area contributed by atoms with Crippen LogP contribution in [0, 0.1) is 23.2 Å². The molecule has 5 atom stereocenters. The SMILES string of the molecule is O=C(O)COCCOCCOCCC(=O)OC12CC3CC4CC(C1)C2(C4)C3. The highest BCUT2D eigenvalue weighted by molar-refractivity contribution is 5.70. The molecule has 0 aliphatic heterocycles. The standard InChI is InChI=1S/C20H30O7/c21-17(22)13-26-6-5-25-4-3-24-2-1-18(23)27-20-11-15-7-14-8-16(12-20)19(20,9-14)10-15/h14-16H,1-13H2,(H,21,22). The summed E-state index contributed by atoms with van der Waals surface area (Å²) in [4.78, 5) is 22.6. The third kappa shape index (κ3) is 3.61. The number of fused-ring (bicyclic) bond motifs is 2. The number of carbonyl (C=O) groups excluding carboxylic acids is 1. The second-order valence-corrected chi connectivity index (χ2v) is 8.76. The smallest absolute Gasteiger partial charge is 0.329 e. The fourth-order valence-electron chi connectivity index (χ4n) is 6.50. The molecule has 4 aliphatic rings. The lowest BCUT2D eigenvalue weighted by Gasteiger charge is -2.57. The van der Waals surface area contributed by atoms with Gasteiger partial charge in [0.05, 0.1) is 39.5 Å². The van der Waals surface area contributed by atoms with Crippen LogP contribution in [0.4, 0.5) is 0 Å². The summed E-state index contributed by atoms with van der Waals surface area (Å²) in [5.41, 5.74) is 0.178. The number of carboxylic acid groups (broad SMARTS) is 1. The lowest BCUT2D eigenvalue weighted by Crippen LogP contribution is -2.60. The van der Waals surface area contributed by atoms with E-state index in [0.717, 1.165) is 30.6 Å². The van der Waals surface area contributed by atoms with Crippen LogP contribution < -0.4 is 0 Å². The molecule has 0 amide bonds. The van der Waals surface area contributed by atoms with Crippen LogP contribution in [0.2, 0.25) is 0 Å². The Hall–Kier alpha value is -1.18. The van der Waals surface area contributed by atoms with Gasteiger partial charge in [0.1, 0.15) is 12.2 Å². The Morgan fingerprint density at radius 2 is 1.56 bits per heavy atom. The van der Waals surface area contributed by atoms with E-state index in [1.165, 1.54) is 25.7 Å². The van der Waals surface area contributed by atoms with Crippen LogP contribution in [-0.2, 0) is 28.5 Å². The van der Waals surface area contributed by atoms with E-state index in [2.05, 4.69) is 0 Å². The van der Waals surface area contributed by atoms with Gasteiger partial charge in [-0.3, -0.25) is 4.79 Å². The number of esters is 1. The second kappa shape index (κ2) is 7.68. The van der Waals surface area contributed by atoms with Gasteiger partial charge in [0, 0.05) is 5.41 Å². The van der Waals surface area contributed by atoms with Crippen molar-refractivity contribution in [1.29, 1.82) is 0 Å². The molecule has 4 fully saturated rings. The maximum atomic E-state index is 12.4. The van der Waals surface area contributed by atoms with Crippen molar-refractivity contribution in [3.05, 3.63) is 0 Å². The largest absolute Gasteiger partial charge is 0.480 e. The van der Waals surface area contributed by atoms with E-state index in [9.17, 15) is 9.59 Å². The Morgan fingerprint density at radius 3 is 2.33 bits per heavy atom. The third-order valence-corrected chi connectivity index (χ3v) is 7.20. The van der Waals surface area contributed by atoms with Gasteiger partial charge in [0.25, 0.3) is 0 Å². The van der Waals surface area contributed by atoms with E-state index in [4.69, 9.17) is 24.1 Å². The van der Waals surface area contributed by atoms with Gasteiger partial charge in [0.2, 0.25) is 0 Å². The van der Waals surface area contributed by atoms with Crippen LogP contribution in [0.3, 0.4) is 0 Å². The average Bonchev–Trinajstić information content (AvgIpc) is 2.92. The molecule has 0 aromatic rings. The van der Waals surface area contributed by atoms with Crippen molar-refractivity contribution in [2.75, 3.05) is 39.6 Å². The summed E-state index contributed by atoms with van der Waals surface area (Å²) in [7, 11) is 0. The first kappa shape index (κ1) is 19.2. The van der Waals surface area contributed by atoms with E-state index in [-0.39, 0.29) is 31.2 Å². The first-order valence-corrected chi connectivity index (χ1v) is 10.2. The predicted molar refractivity (Wildman–Crippen MR) is 94.1 cm³/mol. The average molecular weight is 382 g/mol.